The lowest BCUT2D eigenvalue weighted by Crippen LogP contribution is -2.35. The quantitative estimate of drug-likeness (QED) is 0.677. The lowest BCUT2D eigenvalue weighted by Gasteiger charge is -2.20. The molecule has 0 fully saturated rings. The van der Waals surface area contributed by atoms with Gasteiger partial charge in [0.1, 0.15) is 5.82 Å². The monoisotopic (exact) mass is 361 g/mol. The van der Waals surface area contributed by atoms with E-state index in [1.165, 1.54) is 23.5 Å². The van der Waals surface area contributed by atoms with Gasteiger partial charge in [-0.3, -0.25) is 9.69 Å². The van der Waals surface area contributed by atoms with E-state index in [2.05, 4.69) is 14.9 Å². The highest BCUT2D eigenvalue weighted by molar-refractivity contribution is 7.22. The van der Waals surface area contributed by atoms with Gasteiger partial charge < -0.3 is 9.47 Å². The number of imidazole rings is 1. The van der Waals surface area contributed by atoms with Crippen LogP contribution in [0, 0.1) is 5.82 Å². The Morgan fingerprint density at radius 3 is 2.80 bits per heavy atom. The van der Waals surface area contributed by atoms with Crippen LogP contribution in [0.1, 0.15) is 17.0 Å². The van der Waals surface area contributed by atoms with Gasteiger partial charge in [0, 0.05) is 26.0 Å². The Kier molecular flexibility index (Phi) is 5.10. The van der Waals surface area contributed by atoms with Crippen LogP contribution >= 0.6 is 11.3 Å². The molecular formula is C17H20FN5OS. The van der Waals surface area contributed by atoms with Crippen LogP contribution in [-0.4, -0.2) is 52.5 Å². The first-order valence-electron chi connectivity index (χ1n) is 7.95. The lowest BCUT2D eigenvalue weighted by molar-refractivity contribution is 0.0973. The van der Waals surface area contributed by atoms with Crippen LogP contribution in [-0.2, 0) is 7.05 Å². The number of rotatable bonds is 6. The minimum absolute atomic E-state index is 0.203. The molecule has 0 spiro atoms. The van der Waals surface area contributed by atoms with Crippen LogP contribution in [0.25, 0.3) is 10.2 Å². The number of carbonyl (C=O) groups excluding carboxylic acids is 1. The zero-order valence-corrected chi connectivity index (χ0v) is 15.3. The highest BCUT2D eigenvalue weighted by Crippen LogP contribution is 2.30. The third-order valence-electron chi connectivity index (χ3n) is 3.81. The van der Waals surface area contributed by atoms with Crippen molar-refractivity contribution >= 4 is 32.6 Å². The molecule has 3 rings (SSSR count). The number of hydrogen-bond acceptors (Lipinski definition) is 5. The van der Waals surface area contributed by atoms with Crippen molar-refractivity contribution in [1.29, 1.82) is 0 Å². The van der Waals surface area contributed by atoms with Crippen LogP contribution in [0.3, 0.4) is 0 Å². The fourth-order valence-electron chi connectivity index (χ4n) is 2.52. The van der Waals surface area contributed by atoms with Gasteiger partial charge >= 0.3 is 0 Å². The molecule has 0 atom stereocenters. The van der Waals surface area contributed by atoms with E-state index < -0.39 is 0 Å². The summed E-state index contributed by atoms with van der Waals surface area (Å²) < 4.78 is 15.9. The van der Waals surface area contributed by atoms with Crippen molar-refractivity contribution in [3.63, 3.8) is 0 Å². The fraction of sp³-hybridized carbons (Fsp3) is 0.353. The van der Waals surface area contributed by atoms with E-state index in [0.29, 0.717) is 23.0 Å². The number of benzene rings is 1. The van der Waals surface area contributed by atoms with E-state index in [-0.39, 0.29) is 11.7 Å². The summed E-state index contributed by atoms with van der Waals surface area (Å²) in [6, 6.07) is 4.45. The molecule has 2 heterocycles. The number of nitrogens with zero attached hydrogens (tertiary/aromatic N) is 5. The van der Waals surface area contributed by atoms with Crippen molar-refractivity contribution in [2.45, 2.75) is 6.42 Å². The molecule has 0 saturated carbocycles. The van der Waals surface area contributed by atoms with E-state index in [9.17, 15) is 9.18 Å². The summed E-state index contributed by atoms with van der Waals surface area (Å²) in [6.07, 6.45) is 4.13. The fourth-order valence-corrected chi connectivity index (χ4v) is 3.54. The summed E-state index contributed by atoms with van der Waals surface area (Å²) in [5.74, 6) is -0.154. The van der Waals surface area contributed by atoms with Crippen LogP contribution < -0.4 is 4.90 Å². The van der Waals surface area contributed by atoms with Crippen molar-refractivity contribution in [1.82, 2.24) is 19.4 Å². The van der Waals surface area contributed by atoms with Gasteiger partial charge in [0.25, 0.3) is 5.91 Å². The molecule has 25 heavy (non-hydrogen) atoms. The topological polar surface area (TPSA) is 54.3 Å². The molecule has 1 amide bonds. The Bertz CT molecular complexity index is 888. The predicted molar refractivity (Wildman–Crippen MR) is 97.6 cm³/mol. The number of hydrogen-bond donors (Lipinski definition) is 0. The summed E-state index contributed by atoms with van der Waals surface area (Å²) in [5, 5.41) is 0.562. The molecule has 0 bridgehead atoms. The first-order valence-corrected chi connectivity index (χ1v) is 8.77. The zero-order valence-electron chi connectivity index (χ0n) is 14.4. The molecule has 0 radical (unpaired) electrons. The molecule has 0 aliphatic carbocycles. The van der Waals surface area contributed by atoms with Crippen molar-refractivity contribution < 1.29 is 9.18 Å². The predicted octanol–water partition coefficient (Wildman–Crippen LogP) is 2.77. The molecular weight excluding hydrogens is 341 g/mol. The highest BCUT2D eigenvalue weighted by atomic mass is 32.1. The lowest BCUT2D eigenvalue weighted by atomic mass is 10.3. The van der Waals surface area contributed by atoms with Crippen molar-refractivity contribution in [3.8, 4) is 0 Å². The molecule has 0 aliphatic heterocycles. The second-order valence-corrected chi connectivity index (χ2v) is 7.09. The van der Waals surface area contributed by atoms with E-state index >= 15 is 0 Å². The smallest absolute Gasteiger partial charge is 0.296 e. The molecule has 8 heteroatoms. The molecule has 0 aliphatic rings. The second kappa shape index (κ2) is 7.28. The number of halogens is 1. The summed E-state index contributed by atoms with van der Waals surface area (Å²) in [4.78, 5) is 25.3. The second-order valence-electron chi connectivity index (χ2n) is 6.08. The molecule has 6 nitrogen and oxygen atoms in total. The maximum Gasteiger partial charge on any atom is 0.296 e. The van der Waals surface area contributed by atoms with Gasteiger partial charge in [-0.05, 0) is 45.3 Å². The average Bonchev–Trinajstić information content (AvgIpc) is 3.16. The standard InChI is InChI=1S/C17H20FN5OS/c1-21(2)8-4-9-23(16(24)15-19-7-10-22(15)3)17-20-13-6-5-12(18)11-14(13)25-17/h5-7,10-11H,4,8-9H2,1-3H3. The van der Waals surface area contributed by atoms with Crippen molar-refractivity contribution in [2.24, 2.45) is 7.05 Å². The van der Waals surface area contributed by atoms with Gasteiger partial charge in [0.05, 0.1) is 10.2 Å². The SMILES string of the molecule is CN(C)CCCN(C(=O)c1nccn1C)c1nc2ccc(F)cc2s1. The van der Waals surface area contributed by atoms with Crippen LogP contribution in [0.2, 0.25) is 0 Å². The summed E-state index contributed by atoms with van der Waals surface area (Å²) in [6.45, 7) is 1.37. The normalized spacial score (nSPS) is 11.4. The molecule has 3 aromatic rings. The minimum Gasteiger partial charge on any atom is -0.330 e. The molecule has 2 aromatic heterocycles. The largest absolute Gasteiger partial charge is 0.330 e. The third-order valence-corrected chi connectivity index (χ3v) is 4.86. The van der Waals surface area contributed by atoms with Gasteiger partial charge in [0.2, 0.25) is 0 Å². The third kappa shape index (κ3) is 3.85. The molecule has 1 aromatic carbocycles. The van der Waals surface area contributed by atoms with Gasteiger partial charge in [-0.15, -0.1) is 0 Å². The van der Waals surface area contributed by atoms with E-state index in [1.54, 1.807) is 35.0 Å². The number of aromatic nitrogens is 3. The van der Waals surface area contributed by atoms with E-state index in [1.807, 2.05) is 14.1 Å². The van der Waals surface area contributed by atoms with E-state index in [4.69, 9.17) is 0 Å². The first kappa shape index (κ1) is 17.5. The Morgan fingerprint density at radius 2 is 2.12 bits per heavy atom. The molecule has 0 unspecified atom stereocenters. The zero-order chi connectivity index (χ0) is 18.0. The number of anilines is 1. The number of carbonyl (C=O) groups is 1. The van der Waals surface area contributed by atoms with Crippen LogP contribution in [0.5, 0.6) is 0 Å². The maximum absolute atomic E-state index is 13.5. The van der Waals surface area contributed by atoms with Crippen molar-refractivity contribution in [2.75, 3.05) is 32.1 Å². The van der Waals surface area contributed by atoms with Crippen molar-refractivity contribution in [3.05, 3.63) is 42.2 Å². The van der Waals surface area contributed by atoms with Crippen LogP contribution in [0.4, 0.5) is 9.52 Å². The van der Waals surface area contributed by atoms with Crippen LogP contribution in [0.15, 0.2) is 30.6 Å². The van der Waals surface area contributed by atoms with Gasteiger partial charge in [0.15, 0.2) is 11.0 Å². The maximum atomic E-state index is 13.5. The summed E-state index contributed by atoms with van der Waals surface area (Å²) in [5.41, 5.74) is 0.687. The Balaban J connectivity index is 1.94. The molecule has 0 N–H and O–H groups in total. The van der Waals surface area contributed by atoms with Gasteiger partial charge in [-0.25, -0.2) is 14.4 Å². The average molecular weight is 361 g/mol. The number of amides is 1. The van der Waals surface area contributed by atoms with Gasteiger partial charge in [-0.1, -0.05) is 11.3 Å². The summed E-state index contributed by atoms with van der Waals surface area (Å²) in [7, 11) is 5.77. The molecule has 132 valence electrons. The minimum atomic E-state index is -0.308. The highest BCUT2D eigenvalue weighted by Gasteiger charge is 2.24. The Hall–Kier alpha value is -2.32. The number of fused-ring (bicyclic) bond motifs is 1. The summed E-state index contributed by atoms with van der Waals surface area (Å²) >= 11 is 1.31. The van der Waals surface area contributed by atoms with E-state index in [0.717, 1.165) is 17.7 Å². The number of thiazole rings is 1. The molecule has 0 saturated heterocycles. The first-order chi connectivity index (χ1) is 12.0. The Labute approximate surface area is 149 Å². The van der Waals surface area contributed by atoms with Gasteiger partial charge in [-0.2, -0.15) is 0 Å². The number of aryl methyl sites for hydroxylation is 1. The Morgan fingerprint density at radius 1 is 1.32 bits per heavy atom.